The lowest BCUT2D eigenvalue weighted by Crippen LogP contribution is -2.51. The number of carboxylic acids is 1. The molecular formula is C14H24N2O4. The number of nitrogens with one attached hydrogen (secondary N) is 2. The summed E-state index contributed by atoms with van der Waals surface area (Å²) in [5, 5.41) is 14.1. The van der Waals surface area contributed by atoms with Crippen molar-refractivity contribution >= 4 is 17.8 Å². The molecule has 0 aliphatic heterocycles. The Bertz CT molecular complexity index is 364. The fourth-order valence-corrected chi connectivity index (χ4v) is 2.43. The van der Waals surface area contributed by atoms with Gasteiger partial charge in [0.1, 0.15) is 12.1 Å². The zero-order valence-electron chi connectivity index (χ0n) is 12.1. The normalized spacial score (nSPS) is 18.3. The number of hydrogen-bond donors (Lipinski definition) is 3. The van der Waals surface area contributed by atoms with E-state index in [2.05, 4.69) is 10.6 Å². The molecule has 0 aromatic rings. The van der Waals surface area contributed by atoms with Gasteiger partial charge in [-0.25, -0.2) is 4.79 Å². The topological polar surface area (TPSA) is 95.5 Å². The average Bonchev–Trinajstić information content (AvgIpc) is 2.91. The van der Waals surface area contributed by atoms with Crippen LogP contribution in [0.1, 0.15) is 52.4 Å². The van der Waals surface area contributed by atoms with Crippen LogP contribution in [0.5, 0.6) is 0 Å². The van der Waals surface area contributed by atoms with Gasteiger partial charge in [-0.1, -0.05) is 26.2 Å². The predicted molar refractivity (Wildman–Crippen MR) is 74.0 cm³/mol. The van der Waals surface area contributed by atoms with Crippen molar-refractivity contribution < 1.29 is 19.5 Å². The number of amides is 2. The summed E-state index contributed by atoms with van der Waals surface area (Å²) >= 11 is 0. The Labute approximate surface area is 119 Å². The van der Waals surface area contributed by atoms with Gasteiger partial charge in [-0.2, -0.15) is 0 Å². The van der Waals surface area contributed by atoms with Crippen LogP contribution >= 0.6 is 0 Å². The lowest BCUT2D eigenvalue weighted by molar-refractivity contribution is -0.142. The summed E-state index contributed by atoms with van der Waals surface area (Å²) in [5.74, 6) is -1.60. The maximum Gasteiger partial charge on any atom is 0.326 e. The number of hydrogen-bond acceptors (Lipinski definition) is 3. The molecule has 1 aliphatic carbocycles. The molecular weight excluding hydrogens is 260 g/mol. The van der Waals surface area contributed by atoms with Crippen molar-refractivity contribution in [1.29, 1.82) is 0 Å². The second-order valence-electron chi connectivity index (χ2n) is 5.40. The fourth-order valence-electron chi connectivity index (χ4n) is 2.43. The Morgan fingerprint density at radius 3 is 2.30 bits per heavy atom. The molecule has 0 spiro atoms. The van der Waals surface area contributed by atoms with Gasteiger partial charge in [-0.15, -0.1) is 0 Å². The van der Waals surface area contributed by atoms with Gasteiger partial charge in [0.25, 0.3) is 0 Å². The van der Waals surface area contributed by atoms with Crippen molar-refractivity contribution in [3.8, 4) is 0 Å². The van der Waals surface area contributed by atoms with Crippen LogP contribution < -0.4 is 10.6 Å². The van der Waals surface area contributed by atoms with E-state index in [-0.39, 0.29) is 11.8 Å². The van der Waals surface area contributed by atoms with Crippen LogP contribution in [0.2, 0.25) is 0 Å². The third-order valence-corrected chi connectivity index (χ3v) is 3.67. The Kier molecular flexibility index (Phi) is 6.48. The fraction of sp³-hybridized carbons (Fsp3) is 0.786. The zero-order valence-corrected chi connectivity index (χ0v) is 12.1. The summed E-state index contributed by atoms with van der Waals surface area (Å²) in [6.07, 6.45) is 4.89. The molecule has 0 bridgehead atoms. The van der Waals surface area contributed by atoms with E-state index < -0.39 is 24.0 Å². The van der Waals surface area contributed by atoms with Gasteiger partial charge >= 0.3 is 5.97 Å². The maximum absolute atomic E-state index is 11.9. The predicted octanol–water partition coefficient (Wildman–Crippen LogP) is 1.05. The number of carbonyl (C=O) groups excluding carboxylic acids is 2. The van der Waals surface area contributed by atoms with Crippen LogP contribution in [0.25, 0.3) is 0 Å². The molecule has 0 radical (unpaired) electrons. The highest BCUT2D eigenvalue weighted by Crippen LogP contribution is 2.24. The molecule has 6 nitrogen and oxygen atoms in total. The van der Waals surface area contributed by atoms with Crippen LogP contribution in [0.15, 0.2) is 0 Å². The zero-order chi connectivity index (χ0) is 15.1. The number of rotatable bonds is 7. The van der Waals surface area contributed by atoms with Gasteiger partial charge in [0.2, 0.25) is 11.8 Å². The largest absolute Gasteiger partial charge is 0.480 e. The first-order valence-electron chi connectivity index (χ1n) is 7.29. The van der Waals surface area contributed by atoms with Crippen LogP contribution in [-0.4, -0.2) is 35.0 Å². The summed E-state index contributed by atoms with van der Waals surface area (Å²) in [6.45, 7) is 3.43. The summed E-state index contributed by atoms with van der Waals surface area (Å²) in [4.78, 5) is 34.8. The van der Waals surface area contributed by atoms with Crippen molar-refractivity contribution in [3.05, 3.63) is 0 Å². The first-order chi connectivity index (χ1) is 9.45. The van der Waals surface area contributed by atoms with E-state index >= 15 is 0 Å². The Hall–Kier alpha value is -1.59. The molecule has 1 rings (SSSR count). The molecule has 20 heavy (non-hydrogen) atoms. The SMILES string of the molecule is CCCC(NC(=O)C(C)NC(=O)C1CCCC1)C(=O)O. The van der Waals surface area contributed by atoms with Crippen molar-refractivity contribution in [2.45, 2.75) is 64.5 Å². The minimum atomic E-state index is -1.05. The molecule has 2 amide bonds. The van der Waals surface area contributed by atoms with E-state index in [1.165, 1.54) is 0 Å². The second kappa shape index (κ2) is 7.87. The molecule has 3 N–H and O–H groups in total. The number of carboxylic acid groups (broad SMARTS) is 1. The lowest BCUT2D eigenvalue weighted by atomic mass is 10.1. The second-order valence-corrected chi connectivity index (χ2v) is 5.40. The highest BCUT2D eigenvalue weighted by molar-refractivity contribution is 5.90. The van der Waals surface area contributed by atoms with Crippen LogP contribution in [0.4, 0.5) is 0 Å². The third kappa shape index (κ3) is 4.83. The Morgan fingerprint density at radius 1 is 1.20 bits per heavy atom. The van der Waals surface area contributed by atoms with Crippen molar-refractivity contribution in [1.82, 2.24) is 10.6 Å². The first kappa shape index (κ1) is 16.5. The minimum Gasteiger partial charge on any atom is -0.480 e. The molecule has 2 unspecified atom stereocenters. The van der Waals surface area contributed by atoms with Crippen LogP contribution in [-0.2, 0) is 14.4 Å². The molecule has 0 heterocycles. The van der Waals surface area contributed by atoms with E-state index in [1.807, 2.05) is 6.92 Å². The first-order valence-corrected chi connectivity index (χ1v) is 7.29. The minimum absolute atomic E-state index is 0.00355. The van der Waals surface area contributed by atoms with Gasteiger partial charge in [0.15, 0.2) is 0 Å². The van der Waals surface area contributed by atoms with Crippen molar-refractivity contribution in [2.75, 3.05) is 0 Å². The van der Waals surface area contributed by atoms with Gasteiger partial charge in [-0.05, 0) is 26.2 Å². The van der Waals surface area contributed by atoms with E-state index in [9.17, 15) is 14.4 Å². The molecule has 1 fully saturated rings. The van der Waals surface area contributed by atoms with Crippen molar-refractivity contribution in [2.24, 2.45) is 5.92 Å². The van der Waals surface area contributed by atoms with Crippen LogP contribution in [0.3, 0.4) is 0 Å². The molecule has 1 saturated carbocycles. The highest BCUT2D eigenvalue weighted by Gasteiger charge is 2.27. The molecule has 0 aromatic carbocycles. The Balaban J connectivity index is 2.44. The smallest absolute Gasteiger partial charge is 0.326 e. The van der Waals surface area contributed by atoms with Gasteiger partial charge in [-0.3, -0.25) is 9.59 Å². The van der Waals surface area contributed by atoms with E-state index in [0.29, 0.717) is 12.8 Å². The summed E-state index contributed by atoms with van der Waals surface area (Å²) in [7, 11) is 0. The van der Waals surface area contributed by atoms with E-state index in [4.69, 9.17) is 5.11 Å². The quantitative estimate of drug-likeness (QED) is 0.651. The number of carbonyl (C=O) groups is 3. The molecule has 1 aliphatic rings. The molecule has 6 heteroatoms. The Morgan fingerprint density at radius 2 is 1.80 bits per heavy atom. The molecule has 114 valence electrons. The molecule has 2 atom stereocenters. The lowest BCUT2D eigenvalue weighted by Gasteiger charge is -2.19. The van der Waals surface area contributed by atoms with E-state index in [1.54, 1.807) is 6.92 Å². The van der Waals surface area contributed by atoms with Gasteiger partial charge in [0.05, 0.1) is 0 Å². The van der Waals surface area contributed by atoms with Crippen molar-refractivity contribution in [3.63, 3.8) is 0 Å². The number of aliphatic carboxylic acids is 1. The molecule has 0 saturated heterocycles. The van der Waals surface area contributed by atoms with Gasteiger partial charge < -0.3 is 15.7 Å². The van der Waals surface area contributed by atoms with E-state index in [0.717, 1.165) is 25.7 Å². The standard InChI is InChI=1S/C14H24N2O4/c1-3-6-11(14(19)20)16-12(17)9(2)15-13(18)10-7-4-5-8-10/h9-11H,3-8H2,1-2H3,(H,15,18)(H,16,17)(H,19,20). The average molecular weight is 284 g/mol. The maximum atomic E-state index is 11.9. The monoisotopic (exact) mass is 284 g/mol. The summed E-state index contributed by atoms with van der Waals surface area (Å²) in [5.41, 5.74) is 0. The highest BCUT2D eigenvalue weighted by atomic mass is 16.4. The summed E-state index contributed by atoms with van der Waals surface area (Å²) in [6, 6.07) is -1.60. The van der Waals surface area contributed by atoms with Crippen LogP contribution in [0, 0.1) is 5.92 Å². The third-order valence-electron chi connectivity index (χ3n) is 3.67. The summed E-state index contributed by atoms with van der Waals surface area (Å²) < 4.78 is 0. The van der Waals surface area contributed by atoms with Gasteiger partial charge in [0, 0.05) is 5.92 Å². The molecule has 0 aromatic heterocycles.